The first-order valence-electron chi connectivity index (χ1n) is 7.38. The van der Waals surface area contributed by atoms with Crippen LogP contribution in [0.4, 0.5) is 0 Å². The van der Waals surface area contributed by atoms with Crippen LogP contribution in [-0.2, 0) is 0 Å². The minimum atomic E-state index is 0.153. The number of nitrogens with two attached hydrogens (primary N) is 2. The molecule has 3 unspecified atom stereocenters. The smallest absolute Gasteiger partial charge is 0.0767 e. The van der Waals surface area contributed by atoms with Crippen molar-refractivity contribution in [2.45, 2.75) is 25.4 Å². The molecule has 1 saturated heterocycles. The number of fused-ring (bicyclic) bond motifs is 1. The van der Waals surface area contributed by atoms with Gasteiger partial charge in [0.15, 0.2) is 0 Å². The molecule has 0 aromatic carbocycles. The lowest BCUT2D eigenvalue weighted by Crippen LogP contribution is -2.40. The number of hydrogen-bond acceptors (Lipinski definition) is 4. The Bertz CT molecular complexity index is 402. The molecule has 1 saturated carbocycles. The molecule has 4 nitrogen and oxygen atoms in total. The van der Waals surface area contributed by atoms with Gasteiger partial charge < -0.3 is 21.3 Å². The predicted octanol–water partition coefficient (Wildman–Crippen LogP) is 0.921. The van der Waals surface area contributed by atoms with Gasteiger partial charge in [0, 0.05) is 31.5 Å². The minimum Gasteiger partial charge on any atom is -0.402 e. The van der Waals surface area contributed by atoms with E-state index >= 15 is 0 Å². The Balaban J connectivity index is 1.52. The van der Waals surface area contributed by atoms with Crippen molar-refractivity contribution in [2.24, 2.45) is 29.2 Å². The third-order valence-corrected chi connectivity index (χ3v) is 5.18. The molecule has 4 N–H and O–H groups in total. The summed E-state index contributed by atoms with van der Waals surface area (Å²) in [6.45, 7) is 2.54. The second kappa shape index (κ2) is 4.84. The Morgan fingerprint density at radius 2 is 2.00 bits per heavy atom. The van der Waals surface area contributed by atoms with E-state index in [1.807, 2.05) is 6.08 Å². The van der Waals surface area contributed by atoms with E-state index in [0.29, 0.717) is 0 Å². The zero-order chi connectivity index (χ0) is 13.6. The van der Waals surface area contributed by atoms with Gasteiger partial charge in [0.1, 0.15) is 0 Å². The van der Waals surface area contributed by atoms with E-state index in [4.69, 9.17) is 11.5 Å². The predicted molar refractivity (Wildman–Crippen MR) is 77.9 cm³/mol. The fourth-order valence-electron chi connectivity index (χ4n) is 3.80. The van der Waals surface area contributed by atoms with Crippen molar-refractivity contribution >= 4 is 0 Å². The highest BCUT2D eigenvalue weighted by molar-refractivity contribution is 5.21. The second-order valence-electron chi connectivity index (χ2n) is 6.53. The monoisotopic (exact) mass is 262 g/mol. The van der Waals surface area contributed by atoms with E-state index in [2.05, 4.69) is 30.0 Å². The topological polar surface area (TPSA) is 58.5 Å². The molecule has 3 aliphatic rings. The summed E-state index contributed by atoms with van der Waals surface area (Å²) in [4.78, 5) is 4.69. The van der Waals surface area contributed by atoms with Crippen LogP contribution in [0, 0.1) is 17.8 Å². The van der Waals surface area contributed by atoms with Crippen molar-refractivity contribution in [3.63, 3.8) is 0 Å². The fraction of sp³-hybridized carbons (Fsp3) is 0.733. The van der Waals surface area contributed by atoms with Crippen molar-refractivity contribution in [3.8, 4) is 0 Å². The Labute approximate surface area is 116 Å². The summed E-state index contributed by atoms with van der Waals surface area (Å²) in [6, 6.07) is 0. The summed E-state index contributed by atoms with van der Waals surface area (Å²) < 4.78 is 0. The maximum absolute atomic E-state index is 6.38. The Morgan fingerprint density at radius 1 is 1.32 bits per heavy atom. The van der Waals surface area contributed by atoms with Gasteiger partial charge in [0.2, 0.25) is 0 Å². The lowest BCUT2D eigenvalue weighted by molar-refractivity contribution is 0.251. The van der Waals surface area contributed by atoms with E-state index in [-0.39, 0.29) is 6.17 Å². The summed E-state index contributed by atoms with van der Waals surface area (Å²) in [5, 5.41) is 0. The SMILES string of the molecule is CN1CC2C(CC(N)N(C)C3=CC=C(N)CC3)C2C1. The van der Waals surface area contributed by atoms with Crippen LogP contribution < -0.4 is 11.5 Å². The van der Waals surface area contributed by atoms with Crippen LogP contribution >= 0.6 is 0 Å². The number of hydrogen-bond donors (Lipinski definition) is 2. The van der Waals surface area contributed by atoms with Crippen LogP contribution in [0.5, 0.6) is 0 Å². The van der Waals surface area contributed by atoms with Crippen LogP contribution in [-0.4, -0.2) is 43.2 Å². The Hall–Kier alpha value is -1.00. The standard InChI is InChI=1S/C15H26N4/c1-18-8-13-12(14(13)9-18)7-15(17)19(2)11-5-3-10(16)4-6-11/h3,5,12-15H,4,6-9,16-17H2,1-2H3. The molecule has 3 rings (SSSR count). The van der Waals surface area contributed by atoms with Gasteiger partial charge in [-0.15, -0.1) is 0 Å². The maximum Gasteiger partial charge on any atom is 0.0767 e. The molecule has 2 aliphatic carbocycles. The van der Waals surface area contributed by atoms with Crippen molar-refractivity contribution in [2.75, 3.05) is 27.2 Å². The van der Waals surface area contributed by atoms with Gasteiger partial charge in [-0.05, 0) is 56.2 Å². The third-order valence-electron chi connectivity index (χ3n) is 5.18. The van der Waals surface area contributed by atoms with Gasteiger partial charge in [0.05, 0.1) is 6.17 Å². The second-order valence-corrected chi connectivity index (χ2v) is 6.53. The quantitative estimate of drug-likeness (QED) is 0.740. The van der Waals surface area contributed by atoms with Crippen LogP contribution in [0.2, 0.25) is 0 Å². The molecule has 0 aromatic rings. The molecule has 0 spiro atoms. The largest absolute Gasteiger partial charge is 0.402 e. The lowest BCUT2D eigenvalue weighted by atomic mass is 10.1. The first-order valence-corrected chi connectivity index (χ1v) is 7.38. The number of allylic oxidation sites excluding steroid dienone is 4. The van der Waals surface area contributed by atoms with Crippen LogP contribution in [0.25, 0.3) is 0 Å². The molecule has 3 atom stereocenters. The molecule has 4 heteroatoms. The fourth-order valence-corrected chi connectivity index (χ4v) is 3.80. The summed E-state index contributed by atoms with van der Waals surface area (Å²) >= 11 is 0. The highest BCUT2D eigenvalue weighted by Crippen LogP contribution is 2.53. The molecule has 19 heavy (non-hydrogen) atoms. The number of rotatable bonds is 4. The number of nitrogens with zero attached hydrogens (tertiary/aromatic N) is 2. The molecule has 106 valence electrons. The summed E-state index contributed by atoms with van der Waals surface area (Å²) in [6.07, 6.45) is 7.41. The maximum atomic E-state index is 6.38. The Kier molecular flexibility index (Phi) is 3.31. The molecule has 1 heterocycles. The molecular formula is C15H26N4. The van der Waals surface area contributed by atoms with E-state index in [1.54, 1.807) is 0 Å². The van der Waals surface area contributed by atoms with Crippen molar-refractivity contribution < 1.29 is 0 Å². The van der Waals surface area contributed by atoms with Gasteiger partial charge in [-0.1, -0.05) is 0 Å². The highest BCUT2D eigenvalue weighted by Gasteiger charge is 2.54. The highest BCUT2D eigenvalue weighted by atomic mass is 15.2. The Morgan fingerprint density at radius 3 is 2.58 bits per heavy atom. The first-order chi connectivity index (χ1) is 9.06. The zero-order valence-corrected chi connectivity index (χ0v) is 12.0. The van der Waals surface area contributed by atoms with Gasteiger partial charge in [-0.25, -0.2) is 0 Å². The zero-order valence-electron chi connectivity index (χ0n) is 12.0. The van der Waals surface area contributed by atoms with Crippen molar-refractivity contribution in [1.82, 2.24) is 9.80 Å². The summed E-state index contributed by atoms with van der Waals surface area (Å²) in [5.74, 6) is 2.69. The lowest BCUT2D eigenvalue weighted by Gasteiger charge is -2.31. The molecule has 1 aliphatic heterocycles. The number of likely N-dealkylation sites (tertiary alicyclic amines) is 1. The summed E-state index contributed by atoms with van der Waals surface area (Å²) in [7, 11) is 4.34. The van der Waals surface area contributed by atoms with E-state index in [0.717, 1.165) is 42.7 Å². The molecule has 2 fully saturated rings. The third kappa shape index (κ3) is 2.51. The average Bonchev–Trinajstić information content (AvgIpc) is 2.84. The first kappa shape index (κ1) is 13.0. The molecule has 0 bridgehead atoms. The minimum absolute atomic E-state index is 0.153. The van der Waals surface area contributed by atoms with Gasteiger partial charge in [-0.3, -0.25) is 0 Å². The van der Waals surface area contributed by atoms with Crippen LogP contribution in [0.3, 0.4) is 0 Å². The van der Waals surface area contributed by atoms with Crippen molar-refractivity contribution in [1.29, 1.82) is 0 Å². The van der Waals surface area contributed by atoms with E-state index in [9.17, 15) is 0 Å². The van der Waals surface area contributed by atoms with Crippen LogP contribution in [0.1, 0.15) is 19.3 Å². The molecular weight excluding hydrogens is 236 g/mol. The number of piperidine rings is 1. The summed E-state index contributed by atoms with van der Waals surface area (Å²) in [5.41, 5.74) is 14.5. The molecule has 0 radical (unpaired) electrons. The van der Waals surface area contributed by atoms with Gasteiger partial charge in [-0.2, -0.15) is 0 Å². The van der Waals surface area contributed by atoms with Crippen LogP contribution in [0.15, 0.2) is 23.5 Å². The average molecular weight is 262 g/mol. The van der Waals surface area contributed by atoms with Gasteiger partial charge in [0.25, 0.3) is 0 Å². The normalized spacial score (nSPS) is 35.4. The van der Waals surface area contributed by atoms with E-state index in [1.165, 1.54) is 18.8 Å². The molecule has 0 aromatic heterocycles. The van der Waals surface area contributed by atoms with Gasteiger partial charge >= 0.3 is 0 Å². The van der Waals surface area contributed by atoms with E-state index < -0.39 is 0 Å². The molecule has 0 amide bonds. The van der Waals surface area contributed by atoms with Crippen molar-refractivity contribution in [3.05, 3.63) is 23.5 Å².